The van der Waals surface area contributed by atoms with E-state index in [1.54, 1.807) is 6.07 Å². The van der Waals surface area contributed by atoms with Crippen molar-refractivity contribution in [3.63, 3.8) is 0 Å². The smallest absolute Gasteiger partial charge is 0.250 e. The van der Waals surface area contributed by atoms with Gasteiger partial charge in [-0.15, -0.1) is 0 Å². The van der Waals surface area contributed by atoms with Crippen molar-refractivity contribution in [1.82, 2.24) is 9.88 Å². The van der Waals surface area contributed by atoms with Crippen molar-refractivity contribution in [3.05, 3.63) is 54.1 Å². The highest BCUT2D eigenvalue weighted by atomic mass is 16.5. The first-order valence-corrected chi connectivity index (χ1v) is 9.58. The van der Waals surface area contributed by atoms with Crippen LogP contribution in [0.2, 0.25) is 0 Å². The summed E-state index contributed by atoms with van der Waals surface area (Å²) in [6.45, 7) is 4.08. The lowest BCUT2D eigenvalue weighted by Crippen LogP contribution is -2.33. The molecule has 0 aliphatic carbocycles. The van der Waals surface area contributed by atoms with Gasteiger partial charge >= 0.3 is 0 Å². The number of carbonyl (C=O) groups is 1. The molecule has 4 rings (SSSR count). The maximum absolute atomic E-state index is 11.6. The summed E-state index contributed by atoms with van der Waals surface area (Å²) >= 11 is 0. The number of aromatic nitrogens is 1. The van der Waals surface area contributed by atoms with E-state index in [2.05, 4.69) is 9.88 Å². The highest BCUT2D eigenvalue weighted by molar-refractivity contribution is 6.06. The average molecular weight is 363 g/mol. The molecule has 5 heteroatoms. The zero-order valence-electron chi connectivity index (χ0n) is 15.4. The van der Waals surface area contributed by atoms with Gasteiger partial charge in [-0.1, -0.05) is 18.6 Å². The Kier molecular flexibility index (Phi) is 5.12. The summed E-state index contributed by atoms with van der Waals surface area (Å²) in [6, 6.07) is 15.6. The number of primary amides is 1. The van der Waals surface area contributed by atoms with Gasteiger partial charge in [0.1, 0.15) is 12.4 Å². The van der Waals surface area contributed by atoms with Crippen LogP contribution in [-0.4, -0.2) is 42.0 Å². The monoisotopic (exact) mass is 363 g/mol. The normalized spacial score (nSPS) is 15.1. The number of rotatable bonds is 6. The number of likely N-dealkylation sites (tertiary alicyclic amines) is 1. The van der Waals surface area contributed by atoms with E-state index in [-0.39, 0.29) is 0 Å². The van der Waals surface area contributed by atoms with Gasteiger partial charge in [0.15, 0.2) is 0 Å². The minimum absolute atomic E-state index is 0.425. The summed E-state index contributed by atoms with van der Waals surface area (Å²) < 4.78 is 5.90. The molecule has 27 heavy (non-hydrogen) atoms. The minimum atomic E-state index is -0.425. The number of nitrogens with one attached hydrogen (secondary N) is 1. The highest BCUT2D eigenvalue weighted by Gasteiger charge is 2.11. The molecule has 0 atom stereocenters. The third-order valence-electron chi connectivity index (χ3n) is 5.21. The van der Waals surface area contributed by atoms with Crippen molar-refractivity contribution in [2.24, 2.45) is 5.73 Å². The molecule has 1 amide bonds. The van der Waals surface area contributed by atoms with E-state index < -0.39 is 5.91 Å². The summed E-state index contributed by atoms with van der Waals surface area (Å²) in [5, 5.41) is 0.975. The summed E-state index contributed by atoms with van der Waals surface area (Å²) in [5.74, 6) is 0.455. The van der Waals surface area contributed by atoms with Crippen molar-refractivity contribution in [3.8, 4) is 17.0 Å². The lowest BCUT2D eigenvalue weighted by Gasteiger charge is -2.26. The quantitative estimate of drug-likeness (QED) is 0.700. The van der Waals surface area contributed by atoms with E-state index >= 15 is 0 Å². The molecule has 1 aromatic heterocycles. The first-order valence-electron chi connectivity index (χ1n) is 9.58. The first-order chi connectivity index (χ1) is 13.2. The largest absolute Gasteiger partial charge is 0.492 e. The molecular weight excluding hydrogens is 338 g/mol. The molecule has 140 valence electrons. The zero-order valence-corrected chi connectivity index (χ0v) is 15.4. The molecule has 3 N–H and O–H groups in total. The van der Waals surface area contributed by atoms with Crippen LogP contribution < -0.4 is 10.5 Å². The molecular formula is C22H25N3O2. The Morgan fingerprint density at radius 1 is 1.07 bits per heavy atom. The number of hydrogen-bond donors (Lipinski definition) is 2. The number of H-pyrrole nitrogens is 1. The summed E-state index contributed by atoms with van der Waals surface area (Å²) in [5.41, 5.74) is 8.76. The molecule has 0 unspecified atom stereocenters. The number of nitrogens with zero attached hydrogens (tertiary/aromatic N) is 1. The van der Waals surface area contributed by atoms with Crippen LogP contribution in [-0.2, 0) is 0 Å². The molecule has 1 fully saturated rings. The second-order valence-corrected chi connectivity index (χ2v) is 7.09. The lowest BCUT2D eigenvalue weighted by molar-refractivity contribution is 0.100. The molecule has 1 aliphatic heterocycles. The predicted molar refractivity (Wildman–Crippen MR) is 108 cm³/mol. The number of ether oxygens (including phenoxy) is 1. The fraction of sp³-hybridized carbons (Fsp3) is 0.318. The van der Waals surface area contributed by atoms with Gasteiger partial charge in [-0.3, -0.25) is 9.69 Å². The van der Waals surface area contributed by atoms with Crippen molar-refractivity contribution in [2.45, 2.75) is 19.3 Å². The Bertz CT molecular complexity index is 924. The van der Waals surface area contributed by atoms with Crippen LogP contribution in [0.25, 0.3) is 22.2 Å². The first kappa shape index (κ1) is 17.6. The Balaban J connectivity index is 1.43. The Labute approximate surface area is 159 Å². The van der Waals surface area contributed by atoms with Crippen LogP contribution in [0.1, 0.15) is 29.6 Å². The summed E-state index contributed by atoms with van der Waals surface area (Å²) in [6.07, 6.45) is 3.96. The molecule has 1 saturated heterocycles. The van der Waals surface area contributed by atoms with Crippen molar-refractivity contribution in [2.75, 3.05) is 26.2 Å². The van der Waals surface area contributed by atoms with Gasteiger partial charge in [0.05, 0.1) is 11.1 Å². The Hall–Kier alpha value is -2.79. The molecule has 1 aliphatic rings. The second kappa shape index (κ2) is 7.84. The van der Waals surface area contributed by atoms with Crippen LogP contribution >= 0.6 is 0 Å². The maximum atomic E-state index is 11.6. The Morgan fingerprint density at radius 2 is 1.85 bits per heavy atom. The molecule has 0 bridgehead atoms. The third-order valence-corrected chi connectivity index (χ3v) is 5.21. The van der Waals surface area contributed by atoms with Crippen LogP contribution in [0, 0.1) is 0 Å². The molecule has 0 saturated carbocycles. The van der Waals surface area contributed by atoms with E-state index in [0.717, 1.165) is 34.5 Å². The number of para-hydroxylation sites is 1. The molecule has 0 spiro atoms. The number of fused-ring (bicyclic) bond motifs is 1. The number of benzene rings is 2. The number of hydrogen-bond acceptors (Lipinski definition) is 3. The number of piperidine rings is 1. The van der Waals surface area contributed by atoms with E-state index in [0.29, 0.717) is 12.2 Å². The molecule has 2 heterocycles. The SMILES string of the molecule is NC(=O)c1cccc2cc(-c3ccc(OCCN4CCCCC4)cc3)[nH]c12. The Morgan fingerprint density at radius 3 is 2.59 bits per heavy atom. The van der Waals surface area contributed by atoms with Crippen LogP contribution in [0.15, 0.2) is 48.5 Å². The van der Waals surface area contributed by atoms with E-state index in [4.69, 9.17) is 10.5 Å². The van der Waals surface area contributed by atoms with Crippen LogP contribution in [0.4, 0.5) is 0 Å². The summed E-state index contributed by atoms with van der Waals surface area (Å²) in [7, 11) is 0. The van der Waals surface area contributed by atoms with Crippen molar-refractivity contribution in [1.29, 1.82) is 0 Å². The van der Waals surface area contributed by atoms with Gasteiger partial charge in [0, 0.05) is 17.6 Å². The number of aromatic amines is 1. The predicted octanol–water partition coefficient (Wildman–Crippen LogP) is 3.80. The fourth-order valence-electron chi connectivity index (χ4n) is 3.72. The van der Waals surface area contributed by atoms with Crippen molar-refractivity contribution >= 4 is 16.8 Å². The molecule has 0 radical (unpaired) electrons. The van der Waals surface area contributed by atoms with Gasteiger partial charge < -0.3 is 15.5 Å². The van der Waals surface area contributed by atoms with Crippen molar-refractivity contribution < 1.29 is 9.53 Å². The summed E-state index contributed by atoms with van der Waals surface area (Å²) in [4.78, 5) is 17.4. The molecule has 2 aromatic carbocycles. The zero-order chi connectivity index (χ0) is 18.6. The number of carbonyl (C=O) groups excluding carboxylic acids is 1. The van der Waals surface area contributed by atoms with Gasteiger partial charge in [-0.05, 0) is 67.9 Å². The minimum Gasteiger partial charge on any atom is -0.492 e. The van der Waals surface area contributed by atoms with Crippen LogP contribution in [0.5, 0.6) is 5.75 Å². The number of nitrogens with two attached hydrogens (primary N) is 1. The third kappa shape index (κ3) is 3.98. The van der Waals surface area contributed by atoms with Gasteiger partial charge in [-0.2, -0.15) is 0 Å². The molecule has 5 nitrogen and oxygen atoms in total. The van der Waals surface area contributed by atoms with Crippen LogP contribution in [0.3, 0.4) is 0 Å². The number of amides is 1. The lowest BCUT2D eigenvalue weighted by atomic mass is 10.1. The maximum Gasteiger partial charge on any atom is 0.250 e. The fourth-order valence-corrected chi connectivity index (χ4v) is 3.72. The van der Waals surface area contributed by atoms with Gasteiger partial charge in [0.2, 0.25) is 0 Å². The highest BCUT2D eigenvalue weighted by Crippen LogP contribution is 2.27. The molecule has 3 aromatic rings. The van der Waals surface area contributed by atoms with Gasteiger partial charge in [-0.25, -0.2) is 0 Å². The van der Waals surface area contributed by atoms with E-state index in [1.807, 2.05) is 42.5 Å². The topological polar surface area (TPSA) is 71.4 Å². The van der Waals surface area contributed by atoms with E-state index in [9.17, 15) is 4.79 Å². The van der Waals surface area contributed by atoms with Gasteiger partial charge in [0.25, 0.3) is 5.91 Å². The second-order valence-electron chi connectivity index (χ2n) is 7.09. The average Bonchev–Trinajstić information content (AvgIpc) is 3.13. The standard InChI is InChI=1S/C22H25N3O2/c23-22(26)19-6-4-5-17-15-20(24-21(17)19)16-7-9-18(10-8-16)27-14-13-25-11-2-1-3-12-25/h4-10,15,24H,1-3,11-14H2,(H2,23,26). The van der Waals surface area contributed by atoms with E-state index in [1.165, 1.54) is 32.4 Å².